The van der Waals surface area contributed by atoms with Crippen LogP contribution in [-0.2, 0) is 0 Å². The van der Waals surface area contributed by atoms with Gasteiger partial charge in [-0.05, 0) is 70.4 Å². The fraction of sp³-hybridized carbons (Fsp3) is 0.944. The molecule has 3 rings (SSSR count). The summed E-state index contributed by atoms with van der Waals surface area (Å²) in [5.74, 6) is 0.952. The molecule has 4 atom stereocenters. The summed E-state index contributed by atoms with van der Waals surface area (Å²) in [6.07, 6.45) is 13.0. The topological polar surface area (TPSA) is 39.1 Å². The van der Waals surface area contributed by atoms with E-state index in [1.54, 1.807) is 0 Å². The van der Waals surface area contributed by atoms with E-state index in [-0.39, 0.29) is 5.54 Å². The highest BCUT2D eigenvalue weighted by Gasteiger charge is 2.45. The molecule has 0 aromatic heterocycles. The largest absolute Gasteiger partial charge is 0.299 e. The summed E-state index contributed by atoms with van der Waals surface area (Å²) in [4.78, 5) is 2.82. The number of nitrogens with one attached hydrogen (secondary N) is 1. The number of hydrogen-bond donors (Lipinski definition) is 1. The third-order valence-corrected chi connectivity index (χ3v) is 6.17. The first-order valence-electron chi connectivity index (χ1n) is 9.20. The number of piperidine rings is 1. The number of nitrogens with zero attached hydrogens (tertiary/aromatic N) is 2. The molecule has 2 saturated carbocycles. The second-order valence-electron chi connectivity index (χ2n) is 7.51. The zero-order valence-corrected chi connectivity index (χ0v) is 13.6. The molecule has 0 aromatic carbocycles. The molecule has 0 spiro atoms. The van der Waals surface area contributed by atoms with Crippen molar-refractivity contribution < 1.29 is 0 Å². The Morgan fingerprint density at radius 1 is 1.19 bits per heavy atom. The number of fused-ring (bicyclic) bond motifs is 1. The van der Waals surface area contributed by atoms with Crippen LogP contribution in [0.5, 0.6) is 0 Å². The SMILES string of the molecule is CCCNC1(C#N)CCC(N2CCC[C@H]3CCCC[C@H]32)C1. The maximum Gasteiger partial charge on any atom is 0.108 e. The van der Waals surface area contributed by atoms with Crippen LogP contribution in [0.25, 0.3) is 0 Å². The minimum Gasteiger partial charge on any atom is -0.299 e. The normalized spacial score (nSPS) is 40.7. The van der Waals surface area contributed by atoms with Gasteiger partial charge in [-0.25, -0.2) is 0 Å². The van der Waals surface area contributed by atoms with Crippen LogP contribution in [0.4, 0.5) is 0 Å². The van der Waals surface area contributed by atoms with Gasteiger partial charge in [0, 0.05) is 12.1 Å². The van der Waals surface area contributed by atoms with E-state index < -0.39 is 0 Å². The molecule has 3 nitrogen and oxygen atoms in total. The van der Waals surface area contributed by atoms with E-state index in [4.69, 9.17) is 0 Å². The molecule has 2 unspecified atom stereocenters. The van der Waals surface area contributed by atoms with E-state index in [1.807, 2.05) is 0 Å². The smallest absolute Gasteiger partial charge is 0.108 e. The van der Waals surface area contributed by atoms with Gasteiger partial charge in [-0.2, -0.15) is 5.26 Å². The standard InChI is InChI=1S/C18H31N3/c1-2-11-20-18(14-19)10-9-16(13-18)21-12-5-7-15-6-3-4-8-17(15)21/h15-17,20H,2-13H2,1H3/t15-,16?,17-,18?/m1/s1. The molecule has 1 aliphatic heterocycles. The van der Waals surface area contributed by atoms with Crippen molar-refractivity contribution in [2.24, 2.45) is 5.92 Å². The molecule has 0 radical (unpaired) electrons. The van der Waals surface area contributed by atoms with Crippen LogP contribution in [0.3, 0.4) is 0 Å². The quantitative estimate of drug-likeness (QED) is 0.861. The fourth-order valence-electron chi connectivity index (χ4n) is 5.09. The van der Waals surface area contributed by atoms with Gasteiger partial charge >= 0.3 is 0 Å². The zero-order valence-electron chi connectivity index (χ0n) is 13.6. The van der Waals surface area contributed by atoms with E-state index in [0.717, 1.165) is 37.8 Å². The molecule has 1 N–H and O–H groups in total. The van der Waals surface area contributed by atoms with Crippen LogP contribution in [0.1, 0.15) is 71.1 Å². The fourth-order valence-corrected chi connectivity index (χ4v) is 5.09. The van der Waals surface area contributed by atoms with Gasteiger partial charge in [0.1, 0.15) is 5.54 Å². The van der Waals surface area contributed by atoms with Crippen molar-refractivity contribution in [3.63, 3.8) is 0 Å². The van der Waals surface area contributed by atoms with Crippen LogP contribution < -0.4 is 5.32 Å². The van der Waals surface area contributed by atoms with Crippen molar-refractivity contribution in [1.29, 1.82) is 5.26 Å². The van der Waals surface area contributed by atoms with Crippen molar-refractivity contribution >= 4 is 0 Å². The van der Waals surface area contributed by atoms with Crippen LogP contribution in [0.15, 0.2) is 0 Å². The Balaban J connectivity index is 1.65. The van der Waals surface area contributed by atoms with Crippen molar-refractivity contribution in [1.82, 2.24) is 10.2 Å². The summed E-state index contributed by atoms with van der Waals surface area (Å²) in [5.41, 5.74) is -0.234. The molecule has 2 aliphatic carbocycles. The van der Waals surface area contributed by atoms with Crippen LogP contribution >= 0.6 is 0 Å². The highest BCUT2D eigenvalue weighted by molar-refractivity contribution is 5.14. The first kappa shape index (κ1) is 15.3. The summed E-state index contributed by atoms with van der Waals surface area (Å²) in [5, 5.41) is 13.2. The Hall–Kier alpha value is -0.590. The van der Waals surface area contributed by atoms with Gasteiger partial charge in [-0.1, -0.05) is 19.8 Å². The summed E-state index contributed by atoms with van der Waals surface area (Å²) >= 11 is 0. The molecule has 3 aliphatic rings. The Morgan fingerprint density at radius 3 is 2.81 bits per heavy atom. The predicted molar refractivity (Wildman–Crippen MR) is 86.0 cm³/mol. The van der Waals surface area contributed by atoms with E-state index in [2.05, 4.69) is 23.2 Å². The molecule has 3 fully saturated rings. The molecular formula is C18H31N3. The molecule has 118 valence electrons. The summed E-state index contributed by atoms with van der Waals surface area (Å²) in [6.45, 7) is 4.44. The molecule has 0 bridgehead atoms. The van der Waals surface area contributed by atoms with Crippen LogP contribution in [0.2, 0.25) is 0 Å². The maximum atomic E-state index is 9.66. The number of nitriles is 1. The molecule has 1 saturated heterocycles. The average molecular weight is 289 g/mol. The van der Waals surface area contributed by atoms with E-state index >= 15 is 0 Å². The minimum atomic E-state index is -0.234. The van der Waals surface area contributed by atoms with E-state index in [0.29, 0.717) is 6.04 Å². The third-order valence-electron chi connectivity index (χ3n) is 6.17. The summed E-state index contributed by atoms with van der Waals surface area (Å²) < 4.78 is 0. The first-order valence-corrected chi connectivity index (χ1v) is 9.20. The van der Waals surface area contributed by atoms with Gasteiger partial charge in [-0.15, -0.1) is 0 Å². The Labute approximate surface area is 130 Å². The Kier molecular flexibility index (Phi) is 4.86. The van der Waals surface area contributed by atoms with Gasteiger partial charge in [0.25, 0.3) is 0 Å². The second kappa shape index (κ2) is 6.67. The lowest BCUT2D eigenvalue weighted by molar-refractivity contribution is 0.0261. The number of likely N-dealkylation sites (tertiary alicyclic amines) is 1. The number of rotatable bonds is 4. The molecule has 1 heterocycles. The van der Waals surface area contributed by atoms with Crippen molar-refractivity contribution in [3.05, 3.63) is 0 Å². The van der Waals surface area contributed by atoms with Crippen molar-refractivity contribution in [3.8, 4) is 6.07 Å². The van der Waals surface area contributed by atoms with Crippen molar-refractivity contribution in [2.75, 3.05) is 13.1 Å². The lowest BCUT2D eigenvalue weighted by atomic mass is 9.77. The second-order valence-corrected chi connectivity index (χ2v) is 7.51. The van der Waals surface area contributed by atoms with Crippen molar-refractivity contribution in [2.45, 2.75) is 88.8 Å². The van der Waals surface area contributed by atoms with E-state index in [1.165, 1.54) is 51.5 Å². The first-order chi connectivity index (χ1) is 10.3. The van der Waals surface area contributed by atoms with Crippen LogP contribution in [-0.4, -0.2) is 35.6 Å². The summed E-state index contributed by atoms with van der Waals surface area (Å²) in [7, 11) is 0. The number of hydrogen-bond acceptors (Lipinski definition) is 3. The average Bonchev–Trinajstić information content (AvgIpc) is 2.97. The molecule has 0 amide bonds. The third kappa shape index (κ3) is 3.12. The minimum absolute atomic E-state index is 0.234. The highest BCUT2D eigenvalue weighted by atomic mass is 15.2. The molecule has 0 aromatic rings. The zero-order chi connectivity index (χ0) is 14.7. The van der Waals surface area contributed by atoms with Gasteiger partial charge in [0.15, 0.2) is 0 Å². The van der Waals surface area contributed by atoms with Gasteiger partial charge in [-0.3, -0.25) is 10.2 Å². The monoisotopic (exact) mass is 289 g/mol. The predicted octanol–water partition coefficient (Wildman–Crippen LogP) is 3.46. The molecule has 3 heteroatoms. The van der Waals surface area contributed by atoms with Crippen LogP contribution in [0, 0.1) is 17.2 Å². The molecule has 21 heavy (non-hydrogen) atoms. The Bertz CT molecular complexity index is 386. The van der Waals surface area contributed by atoms with Gasteiger partial charge in [0.2, 0.25) is 0 Å². The lowest BCUT2D eigenvalue weighted by Gasteiger charge is -2.47. The Morgan fingerprint density at radius 2 is 2.00 bits per heavy atom. The highest BCUT2D eigenvalue weighted by Crippen LogP contribution is 2.41. The van der Waals surface area contributed by atoms with E-state index in [9.17, 15) is 5.26 Å². The molecular weight excluding hydrogens is 258 g/mol. The summed E-state index contributed by atoms with van der Waals surface area (Å²) in [6, 6.07) is 4.10. The van der Waals surface area contributed by atoms with Gasteiger partial charge < -0.3 is 0 Å². The van der Waals surface area contributed by atoms with Gasteiger partial charge in [0.05, 0.1) is 6.07 Å². The lowest BCUT2D eigenvalue weighted by Crippen LogP contribution is -2.52. The maximum absolute atomic E-state index is 9.66.